The van der Waals surface area contributed by atoms with Crippen molar-refractivity contribution in [3.63, 3.8) is 0 Å². The summed E-state index contributed by atoms with van der Waals surface area (Å²) >= 11 is 0. The summed E-state index contributed by atoms with van der Waals surface area (Å²) in [5, 5.41) is 42.6. The van der Waals surface area contributed by atoms with Crippen molar-refractivity contribution < 1.29 is 67.9 Å². The molecule has 0 aromatic rings. The van der Waals surface area contributed by atoms with Gasteiger partial charge in [-0.1, -0.05) is 54.5 Å². The predicted octanol–water partition coefficient (Wildman–Crippen LogP) is 6.29. The molecule has 0 bridgehead atoms. The zero-order valence-electron chi connectivity index (χ0n) is 38.9. The van der Waals surface area contributed by atoms with Gasteiger partial charge in [-0.15, -0.1) is 0 Å². The van der Waals surface area contributed by atoms with Crippen LogP contribution in [0.2, 0.25) is 0 Å². The number of methoxy groups -OCH3 is 1. The molecule has 61 heavy (non-hydrogen) atoms. The average Bonchev–Trinajstić information content (AvgIpc) is 3.63. The van der Waals surface area contributed by atoms with Crippen LogP contribution >= 0.6 is 0 Å². The van der Waals surface area contributed by atoms with E-state index in [2.05, 4.69) is 13.8 Å². The number of aliphatic hydroxyl groups excluding tert-OH is 2. The summed E-state index contributed by atoms with van der Waals surface area (Å²) in [7, 11) is 1.69. The van der Waals surface area contributed by atoms with Gasteiger partial charge in [0.05, 0.1) is 60.9 Å². The number of rotatable bonds is 13. The molecule has 6 aliphatic rings. The van der Waals surface area contributed by atoms with Gasteiger partial charge in [-0.3, -0.25) is 9.59 Å². The number of aliphatic hydroxyl groups is 3. The van der Waals surface area contributed by atoms with E-state index in [-0.39, 0.29) is 60.4 Å². The van der Waals surface area contributed by atoms with Crippen LogP contribution in [0.1, 0.15) is 140 Å². The Balaban J connectivity index is 1.28. The Morgan fingerprint density at radius 3 is 2.15 bits per heavy atom. The summed E-state index contributed by atoms with van der Waals surface area (Å²) in [6.45, 7) is 20.8. The van der Waals surface area contributed by atoms with Crippen molar-refractivity contribution in [1.29, 1.82) is 0 Å². The smallest absolute Gasteiger partial charge is 0.306 e. The number of ether oxygens (including phenoxy) is 8. The van der Waals surface area contributed by atoms with Crippen molar-refractivity contribution in [3.8, 4) is 0 Å². The lowest BCUT2D eigenvalue weighted by Gasteiger charge is -2.52. The molecule has 14 heteroatoms. The van der Waals surface area contributed by atoms with E-state index in [4.69, 9.17) is 37.9 Å². The van der Waals surface area contributed by atoms with Crippen molar-refractivity contribution in [2.24, 2.45) is 41.4 Å². The Morgan fingerprint density at radius 2 is 1.51 bits per heavy atom. The molecule has 6 rings (SSSR count). The van der Waals surface area contributed by atoms with Gasteiger partial charge in [0.15, 0.2) is 29.4 Å². The maximum absolute atomic E-state index is 13.4. The second kappa shape index (κ2) is 18.4. The third-order valence-electron chi connectivity index (χ3n) is 15.9. The maximum Gasteiger partial charge on any atom is 0.306 e. The van der Waals surface area contributed by atoms with Crippen molar-refractivity contribution >= 4 is 11.8 Å². The van der Waals surface area contributed by atoms with E-state index in [9.17, 15) is 30.0 Å². The van der Waals surface area contributed by atoms with Crippen LogP contribution in [-0.4, -0.2) is 123 Å². The van der Waals surface area contributed by atoms with Crippen LogP contribution in [0, 0.1) is 41.4 Å². The predicted molar refractivity (Wildman–Crippen MR) is 224 cm³/mol. The minimum atomic E-state index is -1.65. The molecule has 0 aromatic carbocycles. The van der Waals surface area contributed by atoms with Gasteiger partial charge in [-0.2, -0.15) is 0 Å². The van der Waals surface area contributed by atoms with Crippen LogP contribution < -0.4 is 0 Å². The van der Waals surface area contributed by atoms with Gasteiger partial charge in [0, 0.05) is 61.9 Å². The molecule has 0 saturated carbocycles. The summed E-state index contributed by atoms with van der Waals surface area (Å²) in [5.74, 6) is -6.93. The number of hydrogen-bond acceptors (Lipinski definition) is 13. The molecule has 6 saturated heterocycles. The SMILES string of the molecule is CO[C@H]1CC[C@H](O[C@@H]2C[C@]3(C[C@H](O)[C@@H](C)[C@@H]([C@@H](C)/C=C(\C)C(=O)[C@H](C)C[C@H](C)C(=O)O)O3)O[C@]2(C)[C@H]2CC[C@@H](C)[C@]3(O2)O[C@@](C)([C@@H]2CC[C@@H](C)[C@](O)(CO)O2)C[C@@H]3C)O[C@@H]1C. The minimum Gasteiger partial charge on any atom is -0.481 e. The maximum atomic E-state index is 13.4. The fraction of sp³-hybridized carbons (Fsp3) is 0.915. The van der Waals surface area contributed by atoms with Crippen LogP contribution in [0.4, 0.5) is 0 Å². The molecule has 0 amide bonds. The highest BCUT2D eigenvalue weighted by molar-refractivity contribution is 5.96. The second-order valence-electron chi connectivity index (χ2n) is 20.7. The molecule has 2 spiro atoms. The van der Waals surface area contributed by atoms with Gasteiger partial charge in [-0.25, -0.2) is 0 Å². The van der Waals surface area contributed by atoms with Gasteiger partial charge in [-0.05, 0) is 78.2 Å². The first-order chi connectivity index (χ1) is 28.4. The Hall–Kier alpha value is -1.56. The summed E-state index contributed by atoms with van der Waals surface area (Å²) < 4.78 is 54.2. The monoisotopic (exact) mass is 867 g/mol. The molecule has 350 valence electrons. The topological polar surface area (TPSA) is 189 Å². The van der Waals surface area contributed by atoms with Gasteiger partial charge < -0.3 is 58.3 Å². The third kappa shape index (κ3) is 9.44. The molecule has 0 aromatic heterocycles. The van der Waals surface area contributed by atoms with Crippen LogP contribution in [0.3, 0.4) is 0 Å². The highest BCUT2D eigenvalue weighted by atomic mass is 16.8. The van der Waals surface area contributed by atoms with Crippen LogP contribution in [0.25, 0.3) is 0 Å². The van der Waals surface area contributed by atoms with Gasteiger partial charge >= 0.3 is 5.97 Å². The van der Waals surface area contributed by atoms with Crippen molar-refractivity contribution in [2.75, 3.05) is 13.7 Å². The number of allylic oxidation sites excluding steroid dienone is 1. The van der Waals surface area contributed by atoms with Gasteiger partial charge in [0.1, 0.15) is 5.60 Å². The lowest BCUT2D eigenvalue weighted by atomic mass is 9.77. The van der Waals surface area contributed by atoms with Crippen LogP contribution in [0.5, 0.6) is 0 Å². The first kappa shape index (κ1) is 48.9. The Bertz CT molecular complexity index is 1590. The molecule has 0 unspecified atom stereocenters. The van der Waals surface area contributed by atoms with Gasteiger partial charge in [0.2, 0.25) is 0 Å². The Morgan fingerprint density at radius 1 is 0.836 bits per heavy atom. The number of carbonyl (C=O) groups excluding carboxylic acids is 1. The number of Topliss-reactive ketones (excluding diaryl/α,β-unsaturated/α-hetero) is 1. The largest absolute Gasteiger partial charge is 0.481 e. The number of carboxylic acids is 1. The van der Waals surface area contributed by atoms with Crippen molar-refractivity contribution in [1.82, 2.24) is 0 Å². The second-order valence-corrected chi connectivity index (χ2v) is 20.7. The molecular formula is C47H78O14. The first-order valence-corrected chi connectivity index (χ1v) is 23.2. The normalized spacial score (nSPS) is 48.6. The third-order valence-corrected chi connectivity index (χ3v) is 15.9. The van der Waals surface area contributed by atoms with Crippen LogP contribution in [0.15, 0.2) is 11.6 Å². The number of carbonyl (C=O) groups is 2. The Kier molecular flexibility index (Phi) is 14.7. The number of ketones is 1. The minimum absolute atomic E-state index is 0.0123. The molecule has 6 heterocycles. The molecule has 0 aliphatic carbocycles. The molecule has 4 N–H and O–H groups in total. The highest BCUT2D eigenvalue weighted by Crippen LogP contribution is 2.58. The first-order valence-electron chi connectivity index (χ1n) is 23.2. The molecule has 6 aliphatic heterocycles. The summed E-state index contributed by atoms with van der Waals surface area (Å²) in [5.41, 5.74) is -1.35. The fourth-order valence-corrected chi connectivity index (χ4v) is 11.8. The number of carboxylic acid groups (broad SMARTS) is 1. The molecule has 6 fully saturated rings. The molecule has 20 atom stereocenters. The zero-order valence-corrected chi connectivity index (χ0v) is 38.9. The Labute approximate surface area is 363 Å². The molecule has 0 radical (unpaired) electrons. The molecule has 14 nitrogen and oxygen atoms in total. The standard InChI is InChI=1S/C47H78O14/c1-25(40(50)26(2)20-28(4)42(51)52)19-27(3)41-32(8)34(49)22-45(59-41)23-38(56-39-18-15-35(54-12)33(9)55-39)44(11,61-45)37-17-14-30(6)47(58-37)31(7)21-43(10,60-47)36-16-13-29(5)46(53,24-48)57-36/h19,26-39,41,48-49,53H,13-18,20-24H2,1-12H3,(H,51,52)/b25-19+/t26-,27+,28+,29-,30-,31+,32-,33-,34+,35+,36+,37-,38-,39+,41-,43-,44-,45+,46+,47+/m1/s1. The fourth-order valence-electron chi connectivity index (χ4n) is 11.8. The lowest BCUT2D eigenvalue weighted by Crippen LogP contribution is -2.61. The van der Waals surface area contributed by atoms with E-state index < -0.39 is 89.8 Å². The van der Waals surface area contributed by atoms with E-state index in [1.807, 2.05) is 47.6 Å². The van der Waals surface area contributed by atoms with Crippen molar-refractivity contribution in [2.45, 2.75) is 218 Å². The average molecular weight is 867 g/mol. The van der Waals surface area contributed by atoms with E-state index in [1.54, 1.807) is 27.9 Å². The van der Waals surface area contributed by atoms with Crippen LogP contribution in [-0.2, 0) is 47.5 Å². The van der Waals surface area contributed by atoms with Gasteiger partial charge in [0.25, 0.3) is 0 Å². The lowest BCUT2D eigenvalue weighted by molar-refractivity contribution is -0.386. The summed E-state index contributed by atoms with van der Waals surface area (Å²) in [4.78, 5) is 25.0. The number of aliphatic carboxylic acids is 1. The van der Waals surface area contributed by atoms with E-state index in [1.165, 1.54) is 0 Å². The van der Waals surface area contributed by atoms with Crippen molar-refractivity contribution in [3.05, 3.63) is 11.6 Å². The van der Waals surface area contributed by atoms with E-state index >= 15 is 0 Å². The zero-order chi connectivity index (χ0) is 45.0. The van der Waals surface area contributed by atoms with E-state index in [0.29, 0.717) is 44.1 Å². The molecular weight excluding hydrogens is 789 g/mol. The number of hydrogen-bond donors (Lipinski definition) is 4. The summed E-state index contributed by atoms with van der Waals surface area (Å²) in [6.07, 6.45) is 3.79. The quantitative estimate of drug-likeness (QED) is 0.151. The highest BCUT2D eigenvalue weighted by Gasteiger charge is 2.68. The van der Waals surface area contributed by atoms with E-state index in [0.717, 1.165) is 12.8 Å². The summed E-state index contributed by atoms with van der Waals surface area (Å²) in [6, 6.07) is 0.